The number of carbonyl (C=O) groups is 1. The predicted octanol–water partition coefficient (Wildman–Crippen LogP) is 3.04. The van der Waals surface area contributed by atoms with Crippen LogP contribution in [-0.4, -0.2) is 26.2 Å². The first-order valence-electron chi connectivity index (χ1n) is 7.11. The molecular weight excluding hydrogens is 286 g/mol. The summed E-state index contributed by atoms with van der Waals surface area (Å²) in [6.07, 6.45) is 3.38. The van der Waals surface area contributed by atoms with Crippen molar-refractivity contribution < 1.29 is 9.53 Å². The fraction of sp³-hybridized carbons (Fsp3) is 0.375. The highest BCUT2D eigenvalue weighted by Crippen LogP contribution is 2.32. The van der Waals surface area contributed by atoms with Gasteiger partial charge in [-0.25, -0.2) is 4.79 Å². The number of benzene rings is 1. The zero-order valence-corrected chi connectivity index (χ0v) is 12.7. The Morgan fingerprint density at radius 1 is 1.19 bits per heavy atom. The second-order valence-electron chi connectivity index (χ2n) is 5.15. The molecule has 0 saturated carbocycles. The van der Waals surface area contributed by atoms with E-state index in [-0.39, 0.29) is 11.0 Å². The summed E-state index contributed by atoms with van der Waals surface area (Å²) >= 11 is 1.50. The fourth-order valence-corrected chi connectivity index (χ4v) is 3.95. The molecule has 1 aliphatic heterocycles. The molecule has 1 fully saturated rings. The fourth-order valence-electron chi connectivity index (χ4n) is 2.73. The van der Waals surface area contributed by atoms with Crippen LogP contribution in [0.3, 0.4) is 0 Å². The Balaban J connectivity index is 2.24. The van der Waals surface area contributed by atoms with Gasteiger partial charge < -0.3 is 9.64 Å². The molecule has 0 radical (unpaired) electrons. The molecule has 21 heavy (non-hydrogen) atoms. The first-order chi connectivity index (χ1) is 10.2. The quantitative estimate of drug-likeness (QED) is 0.800. The molecule has 0 amide bonds. The van der Waals surface area contributed by atoms with Gasteiger partial charge >= 0.3 is 5.97 Å². The van der Waals surface area contributed by atoms with Crippen molar-refractivity contribution in [3.8, 4) is 0 Å². The maximum atomic E-state index is 12.7. The summed E-state index contributed by atoms with van der Waals surface area (Å²) in [4.78, 5) is 26.9. The van der Waals surface area contributed by atoms with Gasteiger partial charge in [-0.05, 0) is 31.4 Å². The molecule has 5 heteroatoms. The molecule has 3 rings (SSSR count). The molecule has 1 aromatic heterocycles. The van der Waals surface area contributed by atoms with Gasteiger partial charge in [0.25, 0.3) is 0 Å². The summed E-state index contributed by atoms with van der Waals surface area (Å²) in [5.74, 6) is -0.539. The number of methoxy groups -OCH3 is 1. The van der Waals surface area contributed by atoms with Crippen molar-refractivity contribution in [3.63, 3.8) is 0 Å². The third kappa shape index (κ3) is 2.53. The number of hydrogen-bond acceptors (Lipinski definition) is 5. The second kappa shape index (κ2) is 5.85. The normalized spacial score (nSPS) is 15.2. The molecule has 0 aliphatic carbocycles. The maximum absolute atomic E-state index is 12.7. The SMILES string of the molecule is COC(=O)c1c(N2CCCCC2)sc2ccccc2c1=O. The van der Waals surface area contributed by atoms with Crippen molar-refractivity contribution in [2.45, 2.75) is 19.3 Å². The molecule has 1 aliphatic rings. The number of carbonyl (C=O) groups excluding carboxylic acids is 1. The van der Waals surface area contributed by atoms with Crippen molar-refractivity contribution in [2.24, 2.45) is 0 Å². The molecule has 0 bridgehead atoms. The molecular formula is C16H17NO3S. The number of nitrogens with zero attached hydrogens (tertiary/aromatic N) is 1. The number of rotatable bonds is 2. The summed E-state index contributed by atoms with van der Waals surface area (Å²) in [6.45, 7) is 1.77. The first-order valence-corrected chi connectivity index (χ1v) is 7.93. The number of anilines is 1. The van der Waals surface area contributed by atoms with Crippen molar-refractivity contribution in [1.82, 2.24) is 0 Å². The first kappa shape index (κ1) is 14.1. The van der Waals surface area contributed by atoms with E-state index in [2.05, 4.69) is 4.90 Å². The Hall–Kier alpha value is -1.88. The van der Waals surface area contributed by atoms with Crippen molar-refractivity contribution >= 4 is 32.4 Å². The predicted molar refractivity (Wildman–Crippen MR) is 85.5 cm³/mol. The Bertz CT molecular complexity index is 732. The largest absolute Gasteiger partial charge is 0.465 e. The molecule has 1 aromatic carbocycles. The van der Waals surface area contributed by atoms with Crippen LogP contribution >= 0.6 is 11.3 Å². The van der Waals surface area contributed by atoms with Crippen LogP contribution in [0.2, 0.25) is 0 Å². The molecule has 0 spiro atoms. The third-order valence-corrected chi connectivity index (χ3v) is 5.04. The van der Waals surface area contributed by atoms with E-state index in [1.165, 1.54) is 24.9 Å². The minimum absolute atomic E-state index is 0.183. The van der Waals surface area contributed by atoms with Gasteiger partial charge in [0.2, 0.25) is 5.43 Å². The van der Waals surface area contributed by atoms with Gasteiger partial charge in [-0.1, -0.05) is 12.1 Å². The highest BCUT2D eigenvalue weighted by Gasteiger charge is 2.24. The number of esters is 1. The maximum Gasteiger partial charge on any atom is 0.344 e. The summed E-state index contributed by atoms with van der Waals surface area (Å²) < 4.78 is 5.75. The van der Waals surface area contributed by atoms with Crippen LogP contribution in [0.1, 0.15) is 29.6 Å². The molecule has 0 atom stereocenters. The average molecular weight is 303 g/mol. The van der Waals surface area contributed by atoms with E-state index in [1.807, 2.05) is 18.2 Å². The van der Waals surface area contributed by atoms with E-state index >= 15 is 0 Å². The van der Waals surface area contributed by atoms with Crippen molar-refractivity contribution in [3.05, 3.63) is 40.1 Å². The van der Waals surface area contributed by atoms with Gasteiger partial charge in [0.05, 0.1) is 7.11 Å². The summed E-state index contributed by atoms with van der Waals surface area (Å²) in [5, 5.41) is 1.34. The number of hydrogen-bond donors (Lipinski definition) is 0. The summed E-state index contributed by atoms with van der Waals surface area (Å²) in [5.41, 5.74) is -0.0418. The summed E-state index contributed by atoms with van der Waals surface area (Å²) in [7, 11) is 1.32. The lowest BCUT2D eigenvalue weighted by Gasteiger charge is -2.29. The van der Waals surface area contributed by atoms with E-state index in [0.29, 0.717) is 5.39 Å². The van der Waals surface area contributed by atoms with Crippen LogP contribution in [0, 0.1) is 0 Å². The van der Waals surface area contributed by atoms with E-state index in [0.717, 1.165) is 35.6 Å². The lowest BCUT2D eigenvalue weighted by atomic mass is 10.1. The molecule has 2 aromatic rings. The lowest BCUT2D eigenvalue weighted by Crippen LogP contribution is -2.32. The Labute approximate surface area is 127 Å². The van der Waals surface area contributed by atoms with Crippen LogP contribution in [0.15, 0.2) is 29.1 Å². The van der Waals surface area contributed by atoms with Gasteiger partial charge in [0.15, 0.2) is 0 Å². The van der Waals surface area contributed by atoms with Crippen molar-refractivity contribution in [2.75, 3.05) is 25.1 Å². The highest BCUT2D eigenvalue weighted by atomic mass is 32.1. The lowest BCUT2D eigenvalue weighted by molar-refractivity contribution is 0.0600. The van der Waals surface area contributed by atoms with Crippen molar-refractivity contribution in [1.29, 1.82) is 0 Å². The van der Waals surface area contributed by atoms with E-state index in [4.69, 9.17) is 4.74 Å². The monoisotopic (exact) mass is 303 g/mol. The van der Waals surface area contributed by atoms with Gasteiger partial charge in [0.1, 0.15) is 10.6 Å². The van der Waals surface area contributed by atoms with E-state index in [9.17, 15) is 9.59 Å². The summed E-state index contributed by atoms with van der Waals surface area (Å²) in [6, 6.07) is 7.42. The van der Waals surface area contributed by atoms with Crippen LogP contribution in [0.4, 0.5) is 5.00 Å². The Morgan fingerprint density at radius 2 is 1.90 bits per heavy atom. The van der Waals surface area contributed by atoms with Gasteiger partial charge in [0, 0.05) is 23.2 Å². The van der Waals surface area contributed by atoms with Gasteiger partial charge in [-0.3, -0.25) is 4.79 Å². The zero-order valence-electron chi connectivity index (χ0n) is 11.9. The van der Waals surface area contributed by atoms with Gasteiger partial charge in [-0.2, -0.15) is 0 Å². The Morgan fingerprint density at radius 3 is 2.62 bits per heavy atom. The molecule has 0 unspecified atom stereocenters. The van der Waals surface area contributed by atoms with E-state index in [1.54, 1.807) is 6.07 Å². The second-order valence-corrected chi connectivity index (χ2v) is 6.18. The van der Waals surface area contributed by atoms with Crippen LogP contribution in [0.5, 0.6) is 0 Å². The molecule has 4 nitrogen and oxygen atoms in total. The number of ether oxygens (including phenoxy) is 1. The number of piperidine rings is 1. The average Bonchev–Trinajstić information content (AvgIpc) is 2.55. The van der Waals surface area contributed by atoms with Gasteiger partial charge in [-0.15, -0.1) is 11.3 Å². The highest BCUT2D eigenvalue weighted by molar-refractivity contribution is 7.22. The van der Waals surface area contributed by atoms with Crippen LogP contribution in [0.25, 0.3) is 10.1 Å². The third-order valence-electron chi connectivity index (χ3n) is 3.81. The zero-order chi connectivity index (χ0) is 14.8. The van der Waals surface area contributed by atoms with Crippen LogP contribution < -0.4 is 10.3 Å². The standard InChI is InChI=1S/C16H17NO3S/c1-20-16(19)13-14(18)11-7-3-4-8-12(11)21-15(13)17-9-5-2-6-10-17/h3-4,7-8H,2,5-6,9-10H2,1H3. The smallest absolute Gasteiger partial charge is 0.344 e. The topological polar surface area (TPSA) is 46.6 Å². The molecule has 0 N–H and O–H groups in total. The minimum atomic E-state index is -0.539. The van der Waals surface area contributed by atoms with E-state index < -0.39 is 5.97 Å². The van der Waals surface area contributed by atoms with Crippen LogP contribution in [-0.2, 0) is 4.74 Å². The molecule has 110 valence electrons. The minimum Gasteiger partial charge on any atom is -0.465 e. The Kier molecular flexibility index (Phi) is 3.92. The molecule has 1 saturated heterocycles. The molecule has 2 heterocycles. The number of fused-ring (bicyclic) bond motifs is 1.